The van der Waals surface area contributed by atoms with Gasteiger partial charge in [0.2, 0.25) is 0 Å². The Labute approximate surface area is 226 Å². The van der Waals surface area contributed by atoms with Gasteiger partial charge in [-0.05, 0) is 36.9 Å². The molecule has 0 saturated heterocycles. The number of hydrogen-bond donors (Lipinski definition) is 2. The summed E-state index contributed by atoms with van der Waals surface area (Å²) in [4.78, 5) is 32.0. The van der Waals surface area contributed by atoms with E-state index in [0.29, 0.717) is 12.4 Å². The van der Waals surface area contributed by atoms with Crippen molar-refractivity contribution in [2.24, 2.45) is 0 Å². The van der Waals surface area contributed by atoms with Crippen LogP contribution in [0.1, 0.15) is 24.5 Å². The monoisotopic (exact) mass is 586 g/mol. The molecule has 9 nitrogen and oxygen atoms in total. The van der Waals surface area contributed by atoms with Crippen molar-refractivity contribution in [3.63, 3.8) is 0 Å². The Bertz CT molecular complexity index is 1670. The van der Waals surface area contributed by atoms with Crippen molar-refractivity contribution in [2.75, 3.05) is 12.4 Å². The van der Waals surface area contributed by atoms with Gasteiger partial charge >= 0.3 is 12.4 Å². The maximum atomic E-state index is 14.9. The molecule has 0 bridgehead atoms. The molecule has 218 valence electrons. The quantitative estimate of drug-likeness (QED) is 0.290. The smallest absolute Gasteiger partial charge is 0.381 e. The molecule has 4 aromatic rings. The highest BCUT2D eigenvalue weighted by atomic mass is 19.4. The van der Waals surface area contributed by atoms with Crippen molar-refractivity contribution in [2.45, 2.75) is 44.4 Å². The first-order valence-corrected chi connectivity index (χ1v) is 11.9. The molecule has 3 aromatic heterocycles. The maximum Gasteiger partial charge on any atom is 0.423 e. The predicted molar refractivity (Wildman–Crippen MR) is 133 cm³/mol. The highest BCUT2D eigenvalue weighted by Crippen LogP contribution is 2.32. The van der Waals surface area contributed by atoms with E-state index in [2.05, 4.69) is 20.4 Å². The average Bonchev–Trinajstić information content (AvgIpc) is 2.88. The molecule has 2 atom stereocenters. The summed E-state index contributed by atoms with van der Waals surface area (Å²) in [6.07, 6.45) is -6.89. The predicted octanol–water partition coefficient (Wildman–Crippen LogP) is 4.62. The molecule has 4 rings (SSSR count). The zero-order chi connectivity index (χ0) is 30.1. The van der Waals surface area contributed by atoms with Gasteiger partial charge in [0.15, 0.2) is 5.82 Å². The summed E-state index contributed by atoms with van der Waals surface area (Å²) in [5.74, 6) is -1.23. The second-order valence-electron chi connectivity index (χ2n) is 9.11. The van der Waals surface area contributed by atoms with Gasteiger partial charge in [-0.25, -0.2) is 19.5 Å². The molecule has 2 N–H and O–H groups in total. The average molecular weight is 586 g/mol. The van der Waals surface area contributed by atoms with Gasteiger partial charge in [-0.1, -0.05) is 0 Å². The molecule has 3 heterocycles. The molecule has 0 spiro atoms. The van der Waals surface area contributed by atoms with Crippen molar-refractivity contribution in [1.29, 1.82) is 0 Å². The van der Waals surface area contributed by atoms with Crippen molar-refractivity contribution < 1.29 is 35.5 Å². The minimum atomic E-state index is -4.93. The highest BCUT2D eigenvalue weighted by molar-refractivity contribution is 5.86. The number of fused-ring (bicyclic) bond motifs is 1. The Hall–Kier alpha value is -4.34. The van der Waals surface area contributed by atoms with Gasteiger partial charge in [-0.2, -0.15) is 31.4 Å². The number of benzene rings is 1. The van der Waals surface area contributed by atoms with E-state index in [9.17, 15) is 40.3 Å². The Morgan fingerprint density at radius 1 is 1.05 bits per heavy atom. The Morgan fingerprint density at radius 3 is 2.34 bits per heavy atom. The maximum absolute atomic E-state index is 14.9. The summed E-state index contributed by atoms with van der Waals surface area (Å²) in [6.45, 7) is 1.50. The lowest BCUT2D eigenvalue weighted by atomic mass is 10.1. The summed E-state index contributed by atoms with van der Waals surface area (Å²) in [7, 11) is 1.34. The number of rotatable bonds is 8. The van der Waals surface area contributed by atoms with Crippen LogP contribution in [-0.2, 0) is 23.6 Å². The molecule has 16 heteroatoms. The van der Waals surface area contributed by atoms with Gasteiger partial charge in [0.25, 0.3) is 11.1 Å². The van der Waals surface area contributed by atoms with E-state index in [-0.39, 0.29) is 35.1 Å². The first-order chi connectivity index (χ1) is 19.2. The first kappa shape index (κ1) is 29.6. The van der Waals surface area contributed by atoms with Crippen LogP contribution >= 0.6 is 0 Å². The largest absolute Gasteiger partial charge is 0.423 e. The van der Waals surface area contributed by atoms with Gasteiger partial charge in [0.05, 0.1) is 41.0 Å². The van der Waals surface area contributed by atoms with Crippen molar-refractivity contribution in [3.8, 4) is 11.4 Å². The van der Waals surface area contributed by atoms with Gasteiger partial charge in [-0.3, -0.25) is 9.59 Å². The summed E-state index contributed by atoms with van der Waals surface area (Å²) >= 11 is 0. The molecule has 0 radical (unpaired) electrons. The summed E-state index contributed by atoms with van der Waals surface area (Å²) < 4.78 is 99.9. The lowest BCUT2D eigenvalue weighted by Crippen LogP contribution is -2.33. The molecular formula is C25H21F7N6O3. The van der Waals surface area contributed by atoms with E-state index in [0.717, 1.165) is 12.3 Å². The number of pyridine rings is 1. The summed E-state index contributed by atoms with van der Waals surface area (Å²) in [5.41, 5.74) is -5.26. The minimum Gasteiger partial charge on any atom is -0.381 e. The number of anilines is 1. The van der Waals surface area contributed by atoms with Crippen LogP contribution in [0.2, 0.25) is 0 Å². The van der Waals surface area contributed by atoms with Gasteiger partial charge < -0.3 is 14.6 Å². The molecule has 41 heavy (non-hydrogen) atoms. The molecule has 0 amide bonds. The lowest BCUT2D eigenvalue weighted by Gasteiger charge is -2.23. The number of methoxy groups -OCH3 is 1. The van der Waals surface area contributed by atoms with Crippen LogP contribution in [0.4, 0.5) is 36.4 Å². The van der Waals surface area contributed by atoms with Crippen LogP contribution < -0.4 is 16.4 Å². The fourth-order valence-electron chi connectivity index (χ4n) is 4.21. The van der Waals surface area contributed by atoms with Crippen molar-refractivity contribution in [1.82, 2.24) is 24.7 Å². The van der Waals surface area contributed by atoms with Gasteiger partial charge in [-0.15, -0.1) is 0 Å². The number of halogens is 7. The van der Waals surface area contributed by atoms with E-state index in [1.54, 1.807) is 12.0 Å². The molecule has 0 aliphatic heterocycles. The van der Waals surface area contributed by atoms with E-state index in [1.807, 2.05) is 0 Å². The first-order valence-electron chi connectivity index (χ1n) is 11.9. The normalized spacial score (nSPS) is 13.8. The number of aromatic amines is 1. The second kappa shape index (κ2) is 11.3. The van der Waals surface area contributed by atoms with Gasteiger partial charge in [0, 0.05) is 31.7 Å². The Morgan fingerprint density at radius 2 is 1.73 bits per heavy atom. The third-order valence-electron chi connectivity index (χ3n) is 6.18. The summed E-state index contributed by atoms with van der Waals surface area (Å²) in [6, 6.07) is 2.99. The Balaban J connectivity index is 1.54. The standard InChI is InChI=1S/C25H21F7N6O3/c1-12(36-19-10-35-37-22(39)20(19)25(30,31)32)5-15(41-2)11-38-4-3-13-6-17(18(26)7-16(13)23(38)40)21-33-8-14(9-34-21)24(27,28)29/h3-4,6-10,12,15H,5,11H2,1-2H3,(H2,36,37,39)/t12-,15+/m0/s1. The molecule has 0 aliphatic carbocycles. The number of alkyl halides is 6. The number of ether oxygens (including phenoxy) is 1. The lowest BCUT2D eigenvalue weighted by molar-refractivity contribution is -0.139. The van der Waals surface area contributed by atoms with Crippen LogP contribution in [-0.4, -0.2) is 44.0 Å². The molecule has 0 unspecified atom stereocenters. The third kappa shape index (κ3) is 6.53. The number of nitrogens with one attached hydrogen (secondary N) is 2. The van der Waals surface area contributed by atoms with E-state index < -0.39 is 58.2 Å². The van der Waals surface area contributed by atoms with Crippen LogP contribution in [0.25, 0.3) is 22.2 Å². The molecular weight excluding hydrogens is 565 g/mol. The SMILES string of the molecule is CO[C@H](C[C@H](C)Nc1cn[nH]c(=O)c1C(F)(F)F)Cn1ccc2cc(-c3ncc(C(F)(F)F)cn3)c(F)cc2c1=O. The molecule has 0 saturated carbocycles. The third-order valence-corrected chi connectivity index (χ3v) is 6.18. The van der Waals surface area contributed by atoms with E-state index in [4.69, 9.17) is 4.74 Å². The van der Waals surface area contributed by atoms with Crippen molar-refractivity contribution in [3.05, 3.63) is 80.6 Å². The van der Waals surface area contributed by atoms with Crippen LogP contribution in [0.5, 0.6) is 0 Å². The number of H-pyrrole nitrogens is 1. The number of nitrogens with zero attached hydrogens (tertiary/aromatic N) is 4. The molecule has 0 aliphatic rings. The van der Waals surface area contributed by atoms with Gasteiger partial charge in [0.1, 0.15) is 11.4 Å². The van der Waals surface area contributed by atoms with Crippen LogP contribution in [0, 0.1) is 5.82 Å². The summed E-state index contributed by atoms with van der Waals surface area (Å²) in [5, 5.41) is 7.99. The van der Waals surface area contributed by atoms with Crippen LogP contribution in [0.15, 0.2) is 52.6 Å². The fraction of sp³-hybridized carbons (Fsp3) is 0.320. The zero-order valence-electron chi connectivity index (χ0n) is 21.3. The molecule has 0 fully saturated rings. The van der Waals surface area contributed by atoms with E-state index >= 15 is 0 Å². The number of aromatic nitrogens is 5. The topological polar surface area (TPSA) is 115 Å². The number of hydrogen-bond acceptors (Lipinski definition) is 7. The van der Waals surface area contributed by atoms with Crippen molar-refractivity contribution >= 4 is 16.5 Å². The Kier molecular flexibility index (Phi) is 8.15. The van der Waals surface area contributed by atoms with Crippen LogP contribution in [0.3, 0.4) is 0 Å². The minimum absolute atomic E-state index is 0.0360. The zero-order valence-corrected chi connectivity index (χ0v) is 21.3. The highest BCUT2D eigenvalue weighted by Gasteiger charge is 2.37. The molecule has 1 aromatic carbocycles. The van der Waals surface area contributed by atoms with E-state index in [1.165, 1.54) is 30.0 Å². The fourth-order valence-corrected chi connectivity index (χ4v) is 4.21. The second-order valence-corrected chi connectivity index (χ2v) is 9.11.